The van der Waals surface area contributed by atoms with E-state index >= 15 is 0 Å². The lowest BCUT2D eigenvalue weighted by molar-refractivity contribution is -0.152. The fraction of sp³-hybridized carbons (Fsp3) is 0.550. The molecule has 0 bridgehead atoms. The third-order valence-electron chi connectivity index (χ3n) is 4.74. The summed E-state index contributed by atoms with van der Waals surface area (Å²) < 4.78 is 5.78. The van der Waals surface area contributed by atoms with Gasteiger partial charge in [0.2, 0.25) is 0 Å². The Morgan fingerprint density at radius 3 is 2.42 bits per heavy atom. The minimum absolute atomic E-state index is 0.641. The van der Waals surface area contributed by atoms with Crippen LogP contribution in [0.4, 0.5) is 0 Å². The highest BCUT2D eigenvalue weighted by atomic mass is 16.5. The van der Waals surface area contributed by atoms with Gasteiger partial charge < -0.3 is 14.7 Å². The predicted molar refractivity (Wildman–Crippen MR) is 96.5 cm³/mol. The maximum Gasteiger partial charge on any atom is 0.347 e. The van der Waals surface area contributed by atoms with Crippen molar-refractivity contribution >= 4 is 5.97 Å². The molecule has 24 heavy (non-hydrogen) atoms. The quantitative estimate of drug-likeness (QED) is 0.858. The van der Waals surface area contributed by atoms with Crippen LogP contribution in [0.5, 0.6) is 5.75 Å². The van der Waals surface area contributed by atoms with Crippen LogP contribution < -0.4 is 4.74 Å². The van der Waals surface area contributed by atoms with E-state index in [-0.39, 0.29) is 0 Å². The van der Waals surface area contributed by atoms with Crippen LogP contribution in [0.2, 0.25) is 0 Å². The smallest absolute Gasteiger partial charge is 0.347 e. The van der Waals surface area contributed by atoms with Crippen molar-refractivity contribution in [3.8, 4) is 5.75 Å². The van der Waals surface area contributed by atoms with Crippen molar-refractivity contribution in [2.75, 3.05) is 13.1 Å². The first-order valence-corrected chi connectivity index (χ1v) is 8.53. The number of hydrogen-bond donors (Lipinski definition) is 1. The molecule has 1 aliphatic heterocycles. The van der Waals surface area contributed by atoms with Crippen LogP contribution in [0.3, 0.4) is 0 Å². The molecule has 132 valence electrons. The number of carbonyl (C=O) groups is 1. The van der Waals surface area contributed by atoms with Crippen molar-refractivity contribution in [3.63, 3.8) is 0 Å². The summed E-state index contributed by atoms with van der Waals surface area (Å²) >= 11 is 0. The summed E-state index contributed by atoms with van der Waals surface area (Å²) in [5.41, 5.74) is 3.19. The number of aliphatic carboxylic acids is 1. The number of carboxylic acids is 1. The van der Waals surface area contributed by atoms with E-state index in [1.54, 1.807) is 13.8 Å². The minimum atomic E-state index is -1.23. The molecular weight excluding hydrogens is 302 g/mol. The number of allylic oxidation sites excluding steroid dienone is 1. The van der Waals surface area contributed by atoms with E-state index in [1.165, 1.54) is 12.0 Å². The van der Waals surface area contributed by atoms with E-state index in [0.29, 0.717) is 11.7 Å². The average molecular weight is 331 g/mol. The van der Waals surface area contributed by atoms with Gasteiger partial charge in [0.1, 0.15) is 5.75 Å². The molecular formula is C20H29NO3. The Kier molecular flexibility index (Phi) is 5.26. The minimum Gasteiger partial charge on any atom is -0.478 e. The Labute approximate surface area is 145 Å². The van der Waals surface area contributed by atoms with E-state index in [2.05, 4.69) is 30.5 Å². The van der Waals surface area contributed by atoms with Crippen LogP contribution >= 0.6 is 0 Å². The third kappa shape index (κ3) is 4.11. The summed E-state index contributed by atoms with van der Waals surface area (Å²) in [6.07, 6.45) is 2.23. The summed E-state index contributed by atoms with van der Waals surface area (Å²) in [5.74, 6) is 0.361. The summed E-state index contributed by atoms with van der Waals surface area (Å²) in [5, 5.41) is 9.26. The van der Waals surface area contributed by atoms with Gasteiger partial charge in [0.25, 0.3) is 0 Å². The van der Waals surface area contributed by atoms with Crippen LogP contribution in [0, 0.1) is 19.8 Å². The highest BCUT2D eigenvalue weighted by Gasteiger charge is 2.30. The molecule has 2 rings (SSSR count). The molecule has 4 heteroatoms. The monoisotopic (exact) mass is 331 g/mol. The molecule has 1 atom stereocenters. The second-order valence-electron chi connectivity index (χ2n) is 7.52. The van der Waals surface area contributed by atoms with E-state index in [9.17, 15) is 9.90 Å². The van der Waals surface area contributed by atoms with Crippen molar-refractivity contribution in [2.24, 2.45) is 5.92 Å². The zero-order chi connectivity index (χ0) is 18.1. The van der Waals surface area contributed by atoms with Crippen molar-refractivity contribution in [1.29, 1.82) is 0 Å². The molecule has 0 saturated carbocycles. The Balaban J connectivity index is 2.12. The number of aryl methyl sites for hydroxylation is 2. The number of rotatable bonds is 6. The first kappa shape index (κ1) is 18.4. The van der Waals surface area contributed by atoms with Gasteiger partial charge in [-0.2, -0.15) is 0 Å². The molecule has 1 aliphatic rings. The second kappa shape index (κ2) is 6.88. The average Bonchev–Trinajstić information content (AvgIpc) is 2.91. The van der Waals surface area contributed by atoms with Gasteiger partial charge in [0, 0.05) is 18.8 Å². The molecule has 0 amide bonds. The maximum atomic E-state index is 11.3. The Morgan fingerprint density at radius 1 is 1.38 bits per heavy atom. The highest BCUT2D eigenvalue weighted by Crippen LogP contribution is 2.31. The molecule has 1 unspecified atom stereocenters. The van der Waals surface area contributed by atoms with Gasteiger partial charge in [-0.05, 0) is 70.1 Å². The fourth-order valence-electron chi connectivity index (χ4n) is 3.30. The lowest BCUT2D eigenvalue weighted by Gasteiger charge is -2.25. The van der Waals surface area contributed by atoms with Crippen molar-refractivity contribution < 1.29 is 14.6 Å². The zero-order valence-corrected chi connectivity index (χ0v) is 15.5. The molecule has 0 radical (unpaired) electrons. The Bertz CT molecular complexity index is 625. The van der Waals surface area contributed by atoms with Gasteiger partial charge in [0.15, 0.2) is 5.60 Å². The van der Waals surface area contributed by atoms with Crippen molar-refractivity contribution in [2.45, 2.75) is 53.1 Å². The van der Waals surface area contributed by atoms with Crippen LogP contribution in [0.25, 0.3) is 0 Å². The summed E-state index contributed by atoms with van der Waals surface area (Å²) in [7, 11) is 0. The van der Waals surface area contributed by atoms with Crippen LogP contribution in [0.1, 0.15) is 43.9 Å². The number of nitrogens with zero attached hydrogens (tertiary/aromatic N) is 1. The molecule has 1 heterocycles. The number of hydrogen-bond acceptors (Lipinski definition) is 3. The number of carboxylic acid groups (broad SMARTS) is 1. The Morgan fingerprint density at radius 2 is 1.96 bits per heavy atom. The maximum absolute atomic E-state index is 11.3. The molecule has 1 aromatic carbocycles. The molecule has 1 N–H and O–H groups in total. The first-order chi connectivity index (χ1) is 11.1. The van der Waals surface area contributed by atoms with Crippen molar-refractivity contribution in [3.05, 3.63) is 41.1 Å². The number of benzene rings is 1. The van der Waals surface area contributed by atoms with Gasteiger partial charge in [-0.3, -0.25) is 0 Å². The highest BCUT2D eigenvalue weighted by molar-refractivity contribution is 5.77. The largest absolute Gasteiger partial charge is 0.478 e. The predicted octanol–water partition coefficient (Wildman–Crippen LogP) is 3.94. The van der Waals surface area contributed by atoms with Crippen molar-refractivity contribution in [1.82, 2.24) is 4.90 Å². The van der Waals surface area contributed by atoms with E-state index < -0.39 is 11.6 Å². The number of ether oxygens (including phenoxy) is 1. The second-order valence-corrected chi connectivity index (χ2v) is 7.52. The molecule has 0 spiro atoms. The lowest BCUT2D eigenvalue weighted by Crippen LogP contribution is -2.38. The summed E-state index contributed by atoms with van der Waals surface area (Å²) in [6.45, 7) is 15.4. The normalized spacial score (nSPS) is 17.9. The van der Waals surface area contributed by atoms with Gasteiger partial charge in [0.05, 0.1) is 0 Å². The molecule has 0 aromatic heterocycles. The van der Waals surface area contributed by atoms with E-state index in [0.717, 1.165) is 36.3 Å². The molecule has 1 saturated heterocycles. The van der Waals surface area contributed by atoms with E-state index in [4.69, 9.17) is 4.74 Å². The van der Waals surface area contributed by atoms with Crippen LogP contribution in [-0.4, -0.2) is 34.7 Å². The molecule has 1 fully saturated rings. The third-order valence-corrected chi connectivity index (χ3v) is 4.74. The SMILES string of the molecule is C=C(C)N1CCC(Cc2cc(C)c(OC(C)(C)C(=O)O)c(C)c2)C1. The van der Waals surface area contributed by atoms with Gasteiger partial charge in [-0.15, -0.1) is 0 Å². The molecule has 4 nitrogen and oxygen atoms in total. The van der Waals surface area contributed by atoms with E-state index in [1.807, 2.05) is 13.8 Å². The van der Waals surface area contributed by atoms with Gasteiger partial charge >= 0.3 is 5.97 Å². The summed E-state index contributed by atoms with van der Waals surface area (Å²) in [6, 6.07) is 4.26. The zero-order valence-electron chi connectivity index (χ0n) is 15.5. The first-order valence-electron chi connectivity index (χ1n) is 8.53. The fourth-order valence-corrected chi connectivity index (χ4v) is 3.30. The van der Waals surface area contributed by atoms with Gasteiger partial charge in [-0.25, -0.2) is 4.79 Å². The molecule has 0 aliphatic carbocycles. The standard InChI is InChI=1S/C20H29NO3/c1-13(2)21-8-7-16(12-21)11-17-9-14(3)18(15(4)10-17)24-20(5,6)19(22)23/h9-10,16H,1,7-8,11-12H2,2-6H3,(H,22,23). The lowest BCUT2D eigenvalue weighted by atomic mass is 9.95. The Hall–Kier alpha value is -1.97. The topological polar surface area (TPSA) is 49.8 Å². The molecule has 1 aromatic rings. The summed E-state index contributed by atoms with van der Waals surface area (Å²) in [4.78, 5) is 13.6. The van der Waals surface area contributed by atoms with Crippen LogP contribution in [0.15, 0.2) is 24.4 Å². The number of likely N-dealkylation sites (tertiary alicyclic amines) is 1. The van der Waals surface area contributed by atoms with Crippen LogP contribution in [-0.2, 0) is 11.2 Å². The van der Waals surface area contributed by atoms with Gasteiger partial charge in [-0.1, -0.05) is 18.7 Å².